The second-order valence-corrected chi connectivity index (χ2v) is 9.80. The Hall–Kier alpha value is -1.37. The van der Waals surface area contributed by atoms with E-state index in [-0.39, 0.29) is 30.6 Å². The van der Waals surface area contributed by atoms with Crippen LogP contribution in [0.1, 0.15) is 46.5 Å². The topological polar surface area (TPSA) is 101 Å². The first-order valence-corrected chi connectivity index (χ1v) is 10.2. The molecule has 0 aliphatic heterocycles. The number of aliphatic hydroxyl groups is 2. The Morgan fingerprint density at radius 1 is 1.36 bits per heavy atom. The number of nitrogens with two attached hydrogens (primary N) is 1. The molecule has 0 bridgehead atoms. The summed E-state index contributed by atoms with van der Waals surface area (Å²) >= 11 is 0. The fourth-order valence-corrected chi connectivity index (χ4v) is 7.30. The molecule has 6 heteroatoms. The molecule has 8 atom stereocenters. The Morgan fingerprint density at radius 3 is 2.68 bits per heavy atom. The van der Waals surface area contributed by atoms with E-state index in [1.54, 1.807) is 13.0 Å². The van der Waals surface area contributed by atoms with Crippen LogP contribution in [-0.2, 0) is 9.59 Å². The zero-order chi connectivity index (χ0) is 20.7. The fraction of sp³-hybridized carbons (Fsp3) is 0.727. The van der Waals surface area contributed by atoms with Gasteiger partial charge in [0.1, 0.15) is 5.60 Å². The van der Waals surface area contributed by atoms with Crippen molar-refractivity contribution < 1.29 is 24.2 Å². The van der Waals surface area contributed by atoms with Gasteiger partial charge in [-0.1, -0.05) is 25.5 Å². The number of halogens is 1. The van der Waals surface area contributed by atoms with Crippen LogP contribution in [0.15, 0.2) is 23.8 Å². The summed E-state index contributed by atoms with van der Waals surface area (Å²) in [6, 6.07) is 0. The van der Waals surface area contributed by atoms with Crippen LogP contribution in [0.2, 0.25) is 0 Å². The van der Waals surface area contributed by atoms with E-state index in [0.29, 0.717) is 19.3 Å². The summed E-state index contributed by atoms with van der Waals surface area (Å²) in [5.41, 5.74) is 0.711. The summed E-state index contributed by atoms with van der Waals surface area (Å²) in [6.07, 6.45) is 4.70. The van der Waals surface area contributed by atoms with Gasteiger partial charge in [-0.2, -0.15) is 0 Å². The smallest absolute Gasteiger partial charge is 0.178 e. The molecule has 3 saturated carbocycles. The van der Waals surface area contributed by atoms with E-state index >= 15 is 4.39 Å². The molecule has 28 heavy (non-hydrogen) atoms. The largest absolute Gasteiger partial charge is 0.390 e. The maximum Gasteiger partial charge on any atom is 0.178 e. The minimum Gasteiger partial charge on any atom is -0.390 e. The summed E-state index contributed by atoms with van der Waals surface area (Å²) in [5.74, 6) is -1.71. The van der Waals surface area contributed by atoms with Gasteiger partial charge in [-0.3, -0.25) is 9.59 Å². The highest BCUT2D eigenvalue weighted by Gasteiger charge is 2.75. The van der Waals surface area contributed by atoms with Crippen LogP contribution < -0.4 is 5.73 Å². The van der Waals surface area contributed by atoms with Crippen LogP contribution in [0.3, 0.4) is 0 Å². The number of ketones is 2. The molecule has 0 aromatic carbocycles. The molecule has 0 aromatic rings. The normalized spacial score (nSPS) is 52.5. The quantitative estimate of drug-likeness (QED) is 0.667. The summed E-state index contributed by atoms with van der Waals surface area (Å²) in [6.45, 7) is 5.11. The summed E-state index contributed by atoms with van der Waals surface area (Å²) in [5, 5.41) is 22.6. The number of fused-ring (bicyclic) bond motifs is 5. The third-order valence-corrected chi connectivity index (χ3v) is 8.83. The van der Waals surface area contributed by atoms with Crippen LogP contribution in [-0.4, -0.2) is 45.7 Å². The molecule has 0 aromatic heterocycles. The van der Waals surface area contributed by atoms with Gasteiger partial charge in [0.2, 0.25) is 0 Å². The van der Waals surface area contributed by atoms with Crippen molar-refractivity contribution in [1.82, 2.24) is 0 Å². The van der Waals surface area contributed by atoms with Gasteiger partial charge in [-0.15, -0.1) is 0 Å². The van der Waals surface area contributed by atoms with E-state index in [1.165, 1.54) is 12.2 Å². The molecular formula is C22H30FNO4. The summed E-state index contributed by atoms with van der Waals surface area (Å²) in [7, 11) is 0. The third kappa shape index (κ3) is 2.01. The van der Waals surface area contributed by atoms with Crippen molar-refractivity contribution >= 4 is 11.6 Å². The first-order chi connectivity index (χ1) is 13.0. The number of Topliss-reactive ketones (excluding diaryl/α,β-unsaturated/α-hetero) is 1. The second-order valence-electron chi connectivity index (χ2n) is 9.80. The number of carbonyl (C=O) groups excluding carboxylic acids is 2. The van der Waals surface area contributed by atoms with E-state index < -0.39 is 39.9 Å². The van der Waals surface area contributed by atoms with E-state index in [9.17, 15) is 19.8 Å². The van der Waals surface area contributed by atoms with Crippen LogP contribution in [0.25, 0.3) is 0 Å². The van der Waals surface area contributed by atoms with Crippen molar-refractivity contribution in [3.05, 3.63) is 23.8 Å². The lowest BCUT2D eigenvalue weighted by atomic mass is 9.44. The molecule has 4 aliphatic rings. The number of hydrogen-bond acceptors (Lipinski definition) is 5. The highest BCUT2D eigenvalue weighted by Crippen LogP contribution is 2.70. The Labute approximate surface area is 164 Å². The minimum absolute atomic E-state index is 0.0120. The van der Waals surface area contributed by atoms with Crippen LogP contribution >= 0.6 is 0 Å². The molecule has 0 saturated heterocycles. The lowest BCUT2D eigenvalue weighted by Crippen LogP contribution is -2.69. The lowest BCUT2D eigenvalue weighted by Gasteiger charge is -2.62. The molecule has 4 aliphatic carbocycles. The van der Waals surface area contributed by atoms with Crippen molar-refractivity contribution in [2.75, 3.05) is 6.54 Å². The second kappa shape index (κ2) is 5.83. The molecule has 3 fully saturated rings. The number of aliphatic hydroxyl groups excluding tert-OH is 1. The van der Waals surface area contributed by atoms with Gasteiger partial charge in [0.25, 0.3) is 0 Å². The molecule has 0 amide bonds. The third-order valence-electron chi connectivity index (χ3n) is 8.83. The molecule has 154 valence electrons. The zero-order valence-corrected chi connectivity index (χ0v) is 16.7. The van der Waals surface area contributed by atoms with E-state index in [2.05, 4.69) is 0 Å². The molecular weight excluding hydrogens is 361 g/mol. The van der Waals surface area contributed by atoms with Crippen LogP contribution in [0.5, 0.6) is 0 Å². The fourth-order valence-electron chi connectivity index (χ4n) is 7.30. The molecule has 0 spiro atoms. The Kier molecular flexibility index (Phi) is 4.15. The Morgan fingerprint density at radius 2 is 2.04 bits per heavy atom. The van der Waals surface area contributed by atoms with Crippen LogP contribution in [0.4, 0.5) is 4.39 Å². The minimum atomic E-state index is -1.95. The number of alkyl halides is 1. The van der Waals surface area contributed by atoms with Gasteiger partial charge < -0.3 is 15.9 Å². The zero-order valence-electron chi connectivity index (χ0n) is 16.7. The van der Waals surface area contributed by atoms with Crippen LogP contribution in [0, 0.1) is 28.6 Å². The molecule has 5 nitrogen and oxygen atoms in total. The van der Waals surface area contributed by atoms with Gasteiger partial charge in [0.05, 0.1) is 12.6 Å². The van der Waals surface area contributed by atoms with Crippen molar-refractivity contribution in [2.45, 2.75) is 63.8 Å². The van der Waals surface area contributed by atoms with Gasteiger partial charge in [0.15, 0.2) is 17.2 Å². The van der Waals surface area contributed by atoms with Gasteiger partial charge >= 0.3 is 0 Å². The van der Waals surface area contributed by atoms with Crippen molar-refractivity contribution in [3.63, 3.8) is 0 Å². The average molecular weight is 391 g/mol. The number of allylic oxidation sites excluding steroid dienone is 4. The highest BCUT2D eigenvalue weighted by molar-refractivity contribution is 6.01. The molecule has 0 unspecified atom stereocenters. The number of hydrogen-bond donors (Lipinski definition) is 3. The number of rotatable bonds is 2. The van der Waals surface area contributed by atoms with Gasteiger partial charge in [0, 0.05) is 16.7 Å². The van der Waals surface area contributed by atoms with Gasteiger partial charge in [-0.25, -0.2) is 4.39 Å². The van der Waals surface area contributed by atoms with E-state index in [0.717, 1.165) is 5.57 Å². The van der Waals surface area contributed by atoms with E-state index in [4.69, 9.17) is 5.73 Å². The van der Waals surface area contributed by atoms with Crippen molar-refractivity contribution in [2.24, 2.45) is 34.3 Å². The molecule has 4 rings (SSSR count). The molecule has 0 radical (unpaired) electrons. The summed E-state index contributed by atoms with van der Waals surface area (Å²) < 4.78 is 16.9. The maximum atomic E-state index is 16.9. The van der Waals surface area contributed by atoms with Crippen molar-refractivity contribution in [3.8, 4) is 0 Å². The SMILES string of the molecule is C[C@@H]1C[C@@H]2[C@H]3CCC4=CC(=O)C=C[C@]4(C)[C@]3(F)[C@@H](O)C[C@@]2(C)[C@]1(O)C(=O)CN. The molecule has 4 N–H and O–H groups in total. The first kappa shape index (κ1) is 19.9. The van der Waals surface area contributed by atoms with E-state index in [1.807, 2.05) is 13.8 Å². The highest BCUT2D eigenvalue weighted by atomic mass is 19.1. The summed E-state index contributed by atoms with van der Waals surface area (Å²) in [4.78, 5) is 24.5. The Balaban J connectivity index is 1.84. The monoisotopic (exact) mass is 391 g/mol. The maximum absolute atomic E-state index is 16.9. The number of carbonyl (C=O) groups is 2. The first-order valence-electron chi connectivity index (χ1n) is 10.2. The predicted octanol–water partition coefficient (Wildman–Crippen LogP) is 1.86. The van der Waals surface area contributed by atoms with Crippen molar-refractivity contribution in [1.29, 1.82) is 0 Å². The average Bonchev–Trinajstić information content (AvgIpc) is 2.84. The predicted molar refractivity (Wildman–Crippen MR) is 102 cm³/mol. The Bertz CT molecular complexity index is 808. The standard InChI is InChI=1S/C22H30FNO4/c1-12-8-16-15-5-4-13-9-14(25)6-7-19(13,2)21(15,23)17(26)10-20(16,3)22(12,28)18(27)11-24/h6-7,9,12,15-17,26,28H,4-5,8,10-11,24H2,1-3H3/t12-,15-,16-,17+,19+,20-,21-,22-/m1/s1. The van der Waals surface area contributed by atoms with Gasteiger partial charge in [-0.05, 0) is 56.6 Å². The molecule has 0 heterocycles. The lowest BCUT2D eigenvalue weighted by molar-refractivity contribution is -0.218.